The average Bonchev–Trinajstić information content (AvgIpc) is 3.29. The molecule has 2 N–H and O–H groups in total. The van der Waals surface area contributed by atoms with Gasteiger partial charge < -0.3 is 10.6 Å². The van der Waals surface area contributed by atoms with Crippen LogP contribution in [0.2, 0.25) is 5.02 Å². The smallest absolute Gasteiger partial charge is 0.255 e. The fourth-order valence-corrected chi connectivity index (χ4v) is 4.70. The third kappa shape index (κ3) is 5.26. The molecule has 1 amide bonds. The molecule has 0 unspecified atom stereocenters. The molecule has 2 aromatic heterocycles. The standard InChI is InChI=1S/C27H21BrClN5OS/c1-36-20-12-8-18(9-13-20)27(35)32-19-10-6-17(7-11-19)15-30-25-14-24(21-4-2-3-5-23(21)29)33-26-22(28)16-31-34(25)26/h2-14,16,30H,15H2,1H3,(H,32,35). The van der Waals surface area contributed by atoms with E-state index in [1.165, 1.54) is 0 Å². The Morgan fingerprint density at radius 3 is 2.53 bits per heavy atom. The number of fused-ring (bicyclic) bond motifs is 1. The van der Waals surface area contributed by atoms with Crippen molar-refractivity contribution in [3.63, 3.8) is 0 Å². The predicted molar refractivity (Wildman–Crippen MR) is 151 cm³/mol. The van der Waals surface area contributed by atoms with Crippen molar-refractivity contribution in [1.82, 2.24) is 14.6 Å². The fraction of sp³-hybridized carbons (Fsp3) is 0.0741. The van der Waals surface area contributed by atoms with Gasteiger partial charge in [-0.15, -0.1) is 11.8 Å². The van der Waals surface area contributed by atoms with Gasteiger partial charge in [-0.25, -0.2) is 4.98 Å². The van der Waals surface area contributed by atoms with E-state index in [-0.39, 0.29) is 5.91 Å². The first kappa shape index (κ1) is 24.4. The van der Waals surface area contributed by atoms with Gasteiger partial charge in [-0.3, -0.25) is 4.79 Å². The van der Waals surface area contributed by atoms with Gasteiger partial charge >= 0.3 is 0 Å². The van der Waals surface area contributed by atoms with Crippen LogP contribution in [0.15, 0.2) is 94.4 Å². The van der Waals surface area contributed by atoms with Crippen molar-refractivity contribution in [3.8, 4) is 11.3 Å². The van der Waals surface area contributed by atoms with Gasteiger partial charge in [0.2, 0.25) is 0 Å². The zero-order chi connectivity index (χ0) is 25.1. The fourth-order valence-electron chi connectivity index (χ4n) is 3.71. The Labute approximate surface area is 226 Å². The van der Waals surface area contributed by atoms with Gasteiger partial charge in [0.25, 0.3) is 5.91 Å². The molecule has 5 rings (SSSR count). The number of hydrogen-bond donors (Lipinski definition) is 2. The molecule has 6 nitrogen and oxygen atoms in total. The Morgan fingerprint density at radius 2 is 1.81 bits per heavy atom. The number of benzene rings is 3. The number of rotatable bonds is 7. The Bertz CT molecular complexity index is 1540. The monoisotopic (exact) mass is 577 g/mol. The molecule has 9 heteroatoms. The van der Waals surface area contributed by atoms with Crippen LogP contribution in [-0.4, -0.2) is 26.8 Å². The van der Waals surface area contributed by atoms with Crippen LogP contribution < -0.4 is 10.6 Å². The quantitative estimate of drug-likeness (QED) is 0.197. The van der Waals surface area contributed by atoms with E-state index in [0.29, 0.717) is 22.8 Å². The highest BCUT2D eigenvalue weighted by Crippen LogP contribution is 2.30. The van der Waals surface area contributed by atoms with E-state index in [9.17, 15) is 4.79 Å². The average molecular weight is 579 g/mol. The zero-order valence-electron chi connectivity index (χ0n) is 19.2. The van der Waals surface area contributed by atoms with Crippen molar-refractivity contribution in [1.29, 1.82) is 0 Å². The molecule has 0 saturated heterocycles. The van der Waals surface area contributed by atoms with Crippen molar-refractivity contribution in [2.75, 3.05) is 16.9 Å². The van der Waals surface area contributed by atoms with E-state index in [2.05, 4.69) is 31.7 Å². The Kier molecular flexibility index (Phi) is 7.27. The summed E-state index contributed by atoms with van der Waals surface area (Å²) in [5.41, 5.74) is 4.70. The number of anilines is 2. The van der Waals surface area contributed by atoms with Crippen LogP contribution in [0.25, 0.3) is 16.9 Å². The Hall–Kier alpha value is -3.33. The SMILES string of the molecule is CSc1ccc(C(=O)Nc2ccc(CNc3cc(-c4ccccc4Cl)nc4c(Br)cnn34)cc2)cc1. The summed E-state index contributed by atoms with van der Waals surface area (Å²) in [7, 11) is 0. The van der Waals surface area contributed by atoms with Crippen molar-refractivity contribution in [3.05, 3.63) is 106 Å². The second-order valence-corrected chi connectivity index (χ2v) is 10.1. The number of carbonyl (C=O) groups excluding carboxylic acids is 1. The molecule has 0 atom stereocenters. The third-order valence-electron chi connectivity index (χ3n) is 5.62. The molecule has 0 radical (unpaired) electrons. The van der Waals surface area contributed by atoms with Gasteiger partial charge in [-0.05, 0) is 70.2 Å². The summed E-state index contributed by atoms with van der Waals surface area (Å²) >= 11 is 11.6. The lowest BCUT2D eigenvalue weighted by Crippen LogP contribution is -2.12. The molecule has 0 fully saturated rings. The molecule has 3 aromatic carbocycles. The lowest BCUT2D eigenvalue weighted by Gasteiger charge is -2.12. The summed E-state index contributed by atoms with van der Waals surface area (Å²) in [5, 5.41) is 11.5. The maximum Gasteiger partial charge on any atom is 0.255 e. The number of hydrogen-bond acceptors (Lipinski definition) is 5. The second kappa shape index (κ2) is 10.7. The van der Waals surface area contributed by atoms with E-state index in [1.807, 2.05) is 85.1 Å². The Morgan fingerprint density at radius 1 is 1.06 bits per heavy atom. The van der Waals surface area contributed by atoms with Crippen molar-refractivity contribution >= 4 is 62.4 Å². The van der Waals surface area contributed by atoms with E-state index in [0.717, 1.165) is 37.7 Å². The summed E-state index contributed by atoms with van der Waals surface area (Å²) in [4.78, 5) is 18.4. The minimum atomic E-state index is -0.135. The van der Waals surface area contributed by atoms with Gasteiger partial charge in [0.15, 0.2) is 5.65 Å². The van der Waals surface area contributed by atoms with Crippen LogP contribution in [0.1, 0.15) is 15.9 Å². The molecular formula is C27H21BrClN5OS. The second-order valence-electron chi connectivity index (χ2n) is 7.97. The van der Waals surface area contributed by atoms with Crippen molar-refractivity contribution < 1.29 is 4.79 Å². The van der Waals surface area contributed by atoms with Crippen molar-refractivity contribution in [2.45, 2.75) is 11.4 Å². The molecule has 2 heterocycles. The molecule has 0 saturated carbocycles. The predicted octanol–water partition coefficient (Wildman–Crippen LogP) is 7.40. The summed E-state index contributed by atoms with van der Waals surface area (Å²) in [6, 6.07) is 24.9. The number of amides is 1. The van der Waals surface area contributed by atoms with E-state index < -0.39 is 0 Å². The largest absolute Gasteiger partial charge is 0.366 e. The molecular weight excluding hydrogens is 558 g/mol. The Balaban J connectivity index is 1.31. The number of nitrogens with one attached hydrogen (secondary N) is 2. The first-order chi connectivity index (χ1) is 17.5. The highest BCUT2D eigenvalue weighted by atomic mass is 79.9. The first-order valence-corrected chi connectivity index (χ1v) is 13.5. The maximum atomic E-state index is 12.5. The first-order valence-electron chi connectivity index (χ1n) is 11.1. The van der Waals surface area contributed by atoms with Gasteiger partial charge in [0, 0.05) is 39.3 Å². The normalized spacial score (nSPS) is 11.0. The molecule has 0 aliphatic rings. The summed E-state index contributed by atoms with van der Waals surface area (Å²) in [6.45, 7) is 0.558. The summed E-state index contributed by atoms with van der Waals surface area (Å²) < 4.78 is 2.55. The van der Waals surface area contributed by atoms with Crippen molar-refractivity contribution in [2.24, 2.45) is 0 Å². The molecule has 5 aromatic rings. The van der Waals surface area contributed by atoms with Gasteiger partial charge in [-0.1, -0.05) is 41.9 Å². The topological polar surface area (TPSA) is 71.3 Å². The number of nitrogens with zero attached hydrogens (tertiary/aromatic N) is 3. The molecule has 0 spiro atoms. The summed E-state index contributed by atoms with van der Waals surface area (Å²) in [6.07, 6.45) is 3.73. The van der Waals surface area contributed by atoms with E-state index in [4.69, 9.17) is 16.6 Å². The summed E-state index contributed by atoms with van der Waals surface area (Å²) in [5.74, 6) is 0.649. The van der Waals surface area contributed by atoms with Gasteiger partial charge in [0.1, 0.15) is 5.82 Å². The minimum absolute atomic E-state index is 0.135. The van der Waals surface area contributed by atoms with E-state index in [1.54, 1.807) is 22.5 Å². The van der Waals surface area contributed by atoms with Crippen LogP contribution in [-0.2, 0) is 6.54 Å². The van der Waals surface area contributed by atoms with Gasteiger partial charge in [-0.2, -0.15) is 9.61 Å². The van der Waals surface area contributed by atoms with Crippen LogP contribution in [0.4, 0.5) is 11.5 Å². The molecule has 0 bridgehead atoms. The lowest BCUT2D eigenvalue weighted by atomic mass is 10.1. The van der Waals surface area contributed by atoms with Crippen LogP contribution >= 0.6 is 39.3 Å². The number of halogens is 2. The number of carbonyl (C=O) groups is 1. The third-order valence-corrected chi connectivity index (χ3v) is 7.25. The molecule has 36 heavy (non-hydrogen) atoms. The van der Waals surface area contributed by atoms with Crippen LogP contribution in [0.5, 0.6) is 0 Å². The molecule has 0 aliphatic heterocycles. The number of aromatic nitrogens is 3. The highest BCUT2D eigenvalue weighted by Gasteiger charge is 2.13. The lowest BCUT2D eigenvalue weighted by molar-refractivity contribution is 0.102. The van der Waals surface area contributed by atoms with E-state index >= 15 is 0 Å². The number of thioether (sulfide) groups is 1. The molecule has 180 valence electrons. The highest BCUT2D eigenvalue weighted by molar-refractivity contribution is 9.10. The van der Waals surface area contributed by atoms with Crippen LogP contribution in [0.3, 0.4) is 0 Å². The van der Waals surface area contributed by atoms with Crippen LogP contribution in [0, 0.1) is 0 Å². The minimum Gasteiger partial charge on any atom is -0.366 e. The zero-order valence-corrected chi connectivity index (χ0v) is 22.4. The van der Waals surface area contributed by atoms with Gasteiger partial charge in [0.05, 0.1) is 16.4 Å². The maximum absolute atomic E-state index is 12.5. The molecule has 0 aliphatic carbocycles.